The van der Waals surface area contributed by atoms with Crippen molar-refractivity contribution < 1.29 is 10.2 Å². The Morgan fingerprint density at radius 2 is 1.58 bits per heavy atom. The molecule has 0 aliphatic heterocycles. The average molecular weight is 535 g/mol. The molecule has 0 aromatic carbocycles. The van der Waals surface area contributed by atoms with Crippen molar-refractivity contribution in [3.63, 3.8) is 0 Å². The van der Waals surface area contributed by atoms with E-state index in [0.717, 1.165) is 11.6 Å². The van der Waals surface area contributed by atoms with Crippen LogP contribution in [-0.2, 0) is 0 Å². The fourth-order valence-corrected chi connectivity index (χ4v) is 2.17. The molecule has 1 atom stereocenters. The summed E-state index contributed by atoms with van der Waals surface area (Å²) >= 11 is 17.5. The molecule has 0 unspecified atom stereocenters. The van der Waals surface area contributed by atoms with Gasteiger partial charge in [-0.2, -0.15) is 9.97 Å². The maximum atomic E-state index is 9.16. The fraction of sp³-hybridized carbons (Fsp3) is 0.429. The number of hydrogen-bond acceptors (Lipinski definition) is 8. The molecule has 0 spiro atoms. The van der Waals surface area contributed by atoms with Crippen LogP contribution in [0, 0.1) is 5.92 Å². The van der Waals surface area contributed by atoms with E-state index in [9.17, 15) is 0 Å². The molecule has 2 heterocycles. The number of rotatable bonds is 4. The summed E-state index contributed by atoms with van der Waals surface area (Å²) in [5, 5.41) is 19.6. The number of halogens is 4. The molecule has 0 bridgehead atoms. The Morgan fingerprint density at radius 3 is 2.00 bits per heavy atom. The third-order valence-electron chi connectivity index (χ3n) is 2.78. The Hall–Kier alpha value is -0.780. The van der Waals surface area contributed by atoms with E-state index in [4.69, 9.17) is 39.1 Å². The summed E-state index contributed by atoms with van der Waals surface area (Å²) in [5.41, 5.74) is 5.34. The normalized spacial score (nSPS) is 11.0. The van der Waals surface area contributed by atoms with Crippen LogP contribution >= 0.6 is 55.1 Å². The van der Waals surface area contributed by atoms with Crippen molar-refractivity contribution in [1.82, 2.24) is 19.9 Å². The summed E-state index contributed by atoms with van der Waals surface area (Å²) in [4.78, 5) is 15.2. The summed E-state index contributed by atoms with van der Waals surface area (Å²) in [7, 11) is 1.00. The minimum Gasteiger partial charge on any atom is -0.400 e. The van der Waals surface area contributed by atoms with Crippen LogP contribution in [0.2, 0.25) is 10.6 Å². The summed E-state index contributed by atoms with van der Waals surface area (Å²) in [6.45, 7) is 4.08. The minimum absolute atomic E-state index is 0.0473. The molecule has 26 heavy (non-hydrogen) atoms. The van der Waals surface area contributed by atoms with Crippen LogP contribution in [0.3, 0.4) is 0 Å². The third-order valence-corrected chi connectivity index (χ3v) is 4.34. The van der Waals surface area contributed by atoms with Crippen molar-refractivity contribution in [3.8, 4) is 0 Å². The molecule has 0 saturated carbocycles. The second-order valence-electron chi connectivity index (χ2n) is 4.89. The first kappa shape index (κ1) is 25.2. The van der Waals surface area contributed by atoms with Gasteiger partial charge in [0.1, 0.15) is 11.6 Å². The number of aliphatic hydroxyl groups is 2. The van der Waals surface area contributed by atoms with Gasteiger partial charge in [0.25, 0.3) is 0 Å². The molecule has 0 saturated heterocycles. The summed E-state index contributed by atoms with van der Waals surface area (Å²) in [6.07, 6.45) is 3.08. The number of nitrogens with two attached hydrogens (primary N) is 1. The molecular weight excluding hydrogens is 515 g/mol. The summed E-state index contributed by atoms with van der Waals surface area (Å²) in [6, 6.07) is -0.0488. The third kappa shape index (κ3) is 9.24. The van der Waals surface area contributed by atoms with Gasteiger partial charge >= 0.3 is 0 Å². The maximum Gasteiger partial charge on any atom is 0.224 e. The van der Waals surface area contributed by atoms with Crippen LogP contribution < -0.4 is 11.1 Å². The summed E-state index contributed by atoms with van der Waals surface area (Å²) < 4.78 is 1.39. The second-order valence-corrected chi connectivity index (χ2v) is 7.27. The van der Waals surface area contributed by atoms with Crippen LogP contribution in [0.5, 0.6) is 0 Å². The van der Waals surface area contributed by atoms with Crippen molar-refractivity contribution in [2.24, 2.45) is 5.92 Å². The van der Waals surface area contributed by atoms with Gasteiger partial charge in [-0.1, -0.05) is 13.8 Å². The number of anilines is 2. The lowest BCUT2D eigenvalue weighted by molar-refractivity contribution is 0.249. The van der Waals surface area contributed by atoms with Crippen molar-refractivity contribution in [1.29, 1.82) is 0 Å². The summed E-state index contributed by atoms with van der Waals surface area (Å²) in [5.74, 6) is 1.26. The molecule has 146 valence electrons. The lowest BCUT2D eigenvalue weighted by atomic mass is 10.1. The van der Waals surface area contributed by atoms with E-state index >= 15 is 0 Å². The first-order valence-electron chi connectivity index (χ1n) is 7.18. The maximum absolute atomic E-state index is 9.16. The number of nitrogens with one attached hydrogen (secondary N) is 1. The second kappa shape index (κ2) is 13.4. The molecule has 2 rings (SSSR count). The smallest absolute Gasteiger partial charge is 0.224 e. The Balaban J connectivity index is 0.000000484. The van der Waals surface area contributed by atoms with Crippen molar-refractivity contribution in [3.05, 3.63) is 31.9 Å². The highest BCUT2D eigenvalue weighted by atomic mass is 79.9. The Labute approximate surface area is 178 Å². The van der Waals surface area contributed by atoms with Crippen LogP contribution in [0.1, 0.15) is 13.8 Å². The number of aliphatic hydroxyl groups excluding tert-OH is 2. The standard InChI is InChI=1S/C9H13BrClN3O.C4H3BrClN3.CH4O/c1-5(2)7(4-15)13-8-6(10)3-12-9(11)14-8;5-2-1-8-4(6)9-3(2)7;1-2/h3,5,7,15H,4H2,1-2H3,(H,12,13,14);1H,(H2,7,8,9);2H,1H3/t7-;;/m1../s1. The van der Waals surface area contributed by atoms with E-state index in [1.165, 1.54) is 6.20 Å². The van der Waals surface area contributed by atoms with Gasteiger partial charge in [-0.15, -0.1) is 0 Å². The topological polar surface area (TPSA) is 130 Å². The molecule has 5 N–H and O–H groups in total. The molecule has 8 nitrogen and oxygen atoms in total. The first-order chi connectivity index (χ1) is 12.2. The van der Waals surface area contributed by atoms with Gasteiger partial charge < -0.3 is 21.3 Å². The number of aromatic nitrogens is 4. The van der Waals surface area contributed by atoms with E-state index in [0.29, 0.717) is 22.0 Å². The number of nitrogens with zero attached hydrogens (tertiary/aromatic N) is 4. The lowest BCUT2D eigenvalue weighted by Crippen LogP contribution is -2.30. The lowest BCUT2D eigenvalue weighted by Gasteiger charge is -2.20. The molecule has 0 radical (unpaired) electrons. The highest BCUT2D eigenvalue weighted by molar-refractivity contribution is 9.11. The molecular formula is C14H20Br2Cl2N6O2. The van der Waals surface area contributed by atoms with E-state index in [2.05, 4.69) is 57.1 Å². The molecule has 12 heteroatoms. The van der Waals surface area contributed by atoms with Gasteiger partial charge in [-0.3, -0.25) is 0 Å². The van der Waals surface area contributed by atoms with Crippen LogP contribution in [-0.4, -0.2) is 49.9 Å². The monoisotopic (exact) mass is 532 g/mol. The van der Waals surface area contributed by atoms with Gasteiger partial charge in [0, 0.05) is 19.5 Å². The number of nitrogen functional groups attached to an aromatic ring is 1. The van der Waals surface area contributed by atoms with Crippen molar-refractivity contribution in [2.45, 2.75) is 19.9 Å². The molecule has 0 amide bonds. The Kier molecular flexibility index (Phi) is 13.0. The van der Waals surface area contributed by atoms with Crippen molar-refractivity contribution >= 4 is 66.7 Å². The van der Waals surface area contributed by atoms with Gasteiger partial charge in [0.05, 0.1) is 21.6 Å². The largest absolute Gasteiger partial charge is 0.400 e. The van der Waals surface area contributed by atoms with Gasteiger partial charge in [-0.25, -0.2) is 9.97 Å². The predicted molar refractivity (Wildman–Crippen MR) is 111 cm³/mol. The first-order valence-corrected chi connectivity index (χ1v) is 9.52. The molecule has 2 aromatic rings. The van der Waals surface area contributed by atoms with E-state index in [1.54, 1.807) is 6.20 Å². The zero-order valence-electron chi connectivity index (χ0n) is 14.3. The quantitative estimate of drug-likeness (QED) is 0.439. The van der Waals surface area contributed by atoms with Crippen molar-refractivity contribution in [2.75, 3.05) is 24.8 Å². The van der Waals surface area contributed by atoms with Gasteiger partial charge in [0.2, 0.25) is 10.6 Å². The number of hydrogen-bond donors (Lipinski definition) is 4. The molecule has 0 fully saturated rings. The van der Waals surface area contributed by atoms with Crippen LogP contribution in [0.15, 0.2) is 21.3 Å². The predicted octanol–water partition coefficient (Wildman–Crippen LogP) is 3.40. The highest BCUT2D eigenvalue weighted by Gasteiger charge is 2.14. The van der Waals surface area contributed by atoms with Crippen LogP contribution in [0.4, 0.5) is 11.6 Å². The zero-order chi connectivity index (χ0) is 20.3. The molecule has 0 aliphatic rings. The van der Waals surface area contributed by atoms with Gasteiger partial charge in [0.15, 0.2) is 0 Å². The zero-order valence-corrected chi connectivity index (χ0v) is 19.0. The van der Waals surface area contributed by atoms with Crippen LogP contribution in [0.25, 0.3) is 0 Å². The van der Waals surface area contributed by atoms with E-state index < -0.39 is 0 Å². The SMILES string of the molecule is CC(C)[C@@H](CO)Nc1nc(Cl)ncc1Br.CO.Nc1nc(Cl)ncc1Br. The minimum atomic E-state index is -0.0488. The fourth-order valence-electron chi connectivity index (χ4n) is 1.40. The Bertz CT molecular complexity index is 682. The van der Waals surface area contributed by atoms with E-state index in [1.807, 2.05) is 13.8 Å². The highest BCUT2D eigenvalue weighted by Crippen LogP contribution is 2.22. The van der Waals surface area contributed by atoms with E-state index in [-0.39, 0.29) is 23.2 Å². The molecule has 2 aromatic heterocycles. The average Bonchev–Trinajstić information content (AvgIpc) is 2.61. The Morgan fingerprint density at radius 1 is 1.08 bits per heavy atom. The van der Waals surface area contributed by atoms with Gasteiger partial charge in [-0.05, 0) is 61.0 Å². The molecule has 0 aliphatic carbocycles.